The molecule has 0 aromatic heterocycles. The second kappa shape index (κ2) is 5.19. The van der Waals surface area contributed by atoms with Gasteiger partial charge in [-0.05, 0) is 37.0 Å². The summed E-state index contributed by atoms with van der Waals surface area (Å²) in [6.45, 7) is 2.79. The summed E-state index contributed by atoms with van der Waals surface area (Å²) in [5.74, 6) is 0. The van der Waals surface area contributed by atoms with Crippen LogP contribution in [0.25, 0.3) is 0 Å². The molecular weight excluding hydrogens is 294 g/mol. The molecule has 1 N–H and O–H groups in total. The van der Waals surface area contributed by atoms with E-state index in [0.29, 0.717) is 6.61 Å². The molecule has 0 amide bonds. The standard InChI is InChI=1S/C14H18BrNO2/c15-11-6-10-3-5-18-9-13(10)14(7-11)16-4-1-2-12(16)8-17/h6-7,12,17H,1-5,8-9H2/t12-/m0/s1. The monoisotopic (exact) mass is 311 g/mol. The van der Waals surface area contributed by atoms with Crippen molar-refractivity contribution < 1.29 is 9.84 Å². The molecule has 0 radical (unpaired) electrons. The fourth-order valence-electron chi connectivity index (χ4n) is 3.02. The van der Waals surface area contributed by atoms with Gasteiger partial charge in [0, 0.05) is 22.3 Å². The first-order valence-electron chi connectivity index (χ1n) is 6.56. The van der Waals surface area contributed by atoms with Gasteiger partial charge in [-0.15, -0.1) is 0 Å². The van der Waals surface area contributed by atoms with Gasteiger partial charge in [0.1, 0.15) is 0 Å². The topological polar surface area (TPSA) is 32.7 Å². The second-order valence-electron chi connectivity index (χ2n) is 5.04. The lowest BCUT2D eigenvalue weighted by molar-refractivity contribution is 0.111. The van der Waals surface area contributed by atoms with Crippen molar-refractivity contribution in [3.8, 4) is 0 Å². The Kier molecular flexibility index (Phi) is 3.59. The van der Waals surface area contributed by atoms with E-state index in [1.54, 1.807) is 0 Å². The zero-order chi connectivity index (χ0) is 12.5. The van der Waals surface area contributed by atoms with E-state index in [2.05, 4.69) is 33.0 Å². The fourth-order valence-corrected chi connectivity index (χ4v) is 3.52. The van der Waals surface area contributed by atoms with Crippen molar-refractivity contribution >= 4 is 21.6 Å². The summed E-state index contributed by atoms with van der Waals surface area (Å²) in [4.78, 5) is 2.35. The molecular formula is C14H18BrNO2. The van der Waals surface area contributed by atoms with Crippen LogP contribution in [-0.4, -0.2) is 30.9 Å². The van der Waals surface area contributed by atoms with Gasteiger partial charge < -0.3 is 14.7 Å². The van der Waals surface area contributed by atoms with Crippen LogP contribution in [0, 0.1) is 0 Å². The Morgan fingerprint density at radius 1 is 1.44 bits per heavy atom. The maximum Gasteiger partial charge on any atom is 0.0739 e. The average Bonchev–Trinajstić information content (AvgIpc) is 2.85. The number of nitrogens with zero attached hydrogens (tertiary/aromatic N) is 1. The quantitative estimate of drug-likeness (QED) is 0.911. The molecule has 0 aliphatic carbocycles. The molecule has 18 heavy (non-hydrogen) atoms. The van der Waals surface area contributed by atoms with E-state index in [9.17, 15) is 5.11 Å². The van der Waals surface area contributed by atoms with E-state index in [1.807, 2.05) is 0 Å². The summed E-state index contributed by atoms with van der Waals surface area (Å²) in [6.07, 6.45) is 3.23. The highest BCUT2D eigenvalue weighted by molar-refractivity contribution is 9.10. The van der Waals surface area contributed by atoms with E-state index < -0.39 is 0 Å². The number of aliphatic hydroxyl groups excluding tert-OH is 1. The number of aliphatic hydroxyl groups is 1. The van der Waals surface area contributed by atoms with E-state index in [1.165, 1.54) is 16.8 Å². The second-order valence-corrected chi connectivity index (χ2v) is 5.95. The summed E-state index contributed by atoms with van der Waals surface area (Å²) in [6, 6.07) is 4.64. The average molecular weight is 312 g/mol. The molecule has 1 saturated heterocycles. The summed E-state index contributed by atoms with van der Waals surface area (Å²) in [7, 11) is 0. The van der Waals surface area contributed by atoms with Crippen molar-refractivity contribution in [3.63, 3.8) is 0 Å². The Morgan fingerprint density at radius 3 is 3.17 bits per heavy atom. The van der Waals surface area contributed by atoms with Gasteiger partial charge in [-0.2, -0.15) is 0 Å². The number of hydrogen-bond donors (Lipinski definition) is 1. The first kappa shape index (κ1) is 12.5. The smallest absolute Gasteiger partial charge is 0.0739 e. The highest BCUT2D eigenvalue weighted by atomic mass is 79.9. The van der Waals surface area contributed by atoms with Crippen molar-refractivity contribution in [2.45, 2.75) is 31.9 Å². The van der Waals surface area contributed by atoms with Crippen LogP contribution in [-0.2, 0) is 17.8 Å². The first-order valence-corrected chi connectivity index (χ1v) is 7.35. The zero-order valence-electron chi connectivity index (χ0n) is 10.4. The minimum Gasteiger partial charge on any atom is -0.394 e. The summed E-state index contributed by atoms with van der Waals surface area (Å²) in [5.41, 5.74) is 3.94. The molecule has 1 atom stereocenters. The summed E-state index contributed by atoms with van der Waals surface area (Å²) >= 11 is 3.60. The van der Waals surface area contributed by atoms with Crippen LogP contribution in [0.15, 0.2) is 16.6 Å². The molecule has 98 valence electrons. The molecule has 4 heteroatoms. The number of rotatable bonds is 2. The van der Waals surface area contributed by atoms with Crippen molar-refractivity contribution in [1.82, 2.24) is 0 Å². The van der Waals surface area contributed by atoms with Crippen LogP contribution in [0.4, 0.5) is 5.69 Å². The summed E-state index contributed by atoms with van der Waals surface area (Å²) in [5, 5.41) is 9.49. The Bertz CT molecular complexity index is 450. The van der Waals surface area contributed by atoms with Crippen LogP contribution in [0.5, 0.6) is 0 Å². The number of ether oxygens (including phenoxy) is 1. The van der Waals surface area contributed by atoms with Crippen molar-refractivity contribution in [2.75, 3.05) is 24.7 Å². The third kappa shape index (κ3) is 2.17. The molecule has 1 fully saturated rings. The van der Waals surface area contributed by atoms with E-state index in [0.717, 1.165) is 36.9 Å². The van der Waals surface area contributed by atoms with Gasteiger partial charge in [-0.25, -0.2) is 0 Å². The normalized spacial score (nSPS) is 23.2. The molecule has 0 unspecified atom stereocenters. The number of fused-ring (bicyclic) bond motifs is 1. The van der Waals surface area contributed by atoms with Crippen molar-refractivity contribution in [2.24, 2.45) is 0 Å². The predicted molar refractivity (Wildman–Crippen MR) is 75.0 cm³/mol. The maximum absolute atomic E-state index is 9.49. The summed E-state index contributed by atoms with van der Waals surface area (Å²) < 4.78 is 6.73. The van der Waals surface area contributed by atoms with Gasteiger partial charge in [0.15, 0.2) is 0 Å². The van der Waals surface area contributed by atoms with E-state index >= 15 is 0 Å². The third-order valence-electron chi connectivity index (χ3n) is 3.94. The van der Waals surface area contributed by atoms with Gasteiger partial charge in [-0.3, -0.25) is 0 Å². The van der Waals surface area contributed by atoms with Gasteiger partial charge >= 0.3 is 0 Å². The largest absolute Gasteiger partial charge is 0.394 e. The van der Waals surface area contributed by atoms with Gasteiger partial charge in [0.05, 0.1) is 25.9 Å². The predicted octanol–water partition coefficient (Wildman–Crippen LogP) is 2.48. The molecule has 1 aromatic carbocycles. The van der Waals surface area contributed by atoms with E-state index in [4.69, 9.17) is 4.74 Å². The molecule has 2 aliphatic rings. The Hall–Kier alpha value is -0.580. The van der Waals surface area contributed by atoms with Gasteiger partial charge in [-0.1, -0.05) is 15.9 Å². The van der Waals surface area contributed by atoms with Crippen molar-refractivity contribution in [3.05, 3.63) is 27.7 Å². The van der Waals surface area contributed by atoms with Gasteiger partial charge in [0.25, 0.3) is 0 Å². The fraction of sp³-hybridized carbons (Fsp3) is 0.571. The molecule has 2 heterocycles. The van der Waals surface area contributed by atoms with Crippen LogP contribution < -0.4 is 4.90 Å². The van der Waals surface area contributed by atoms with Gasteiger partial charge in [0.2, 0.25) is 0 Å². The highest BCUT2D eigenvalue weighted by Crippen LogP contribution is 2.35. The molecule has 0 spiro atoms. The number of halogens is 1. The zero-order valence-corrected chi connectivity index (χ0v) is 11.9. The van der Waals surface area contributed by atoms with E-state index in [-0.39, 0.29) is 12.6 Å². The Labute approximate surface area is 116 Å². The number of anilines is 1. The number of hydrogen-bond acceptors (Lipinski definition) is 3. The molecule has 2 aliphatic heterocycles. The SMILES string of the molecule is OC[C@@H]1CCCN1c1cc(Br)cc2c1COCC2. The third-order valence-corrected chi connectivity index (χ3v) is 4.40. The lowest BCUT2D eigenvalue weighted by atomic mass is 10.0. The molecule has 3 nitrogen and oxygen atoms in total. The molecule has 0 bridgehead atoms. The van der Waals surface area contributed by atoms with Crippen molar-refractivity contribution in [1.29, 1.82) is 0 Å². The molecule has 1 aromatic rings. The molecule has 0 saturated carbocycles. The van der Waals surface area contributed by atoms with Crippen LogP contribution in [0.2, 0.25) is 0 Å². The highest BCUT2D eigenvalue weighted by Gasteiger charge is 2.27. The maximum atomic E-state index is 9.49. The lowest BCUT2D eigenvalue weighted by Crippen LogP contribution is -2.33. The molecule has 3 rings (SSSR count). The lowest BCUT2D eigenvalue weighted by Gasteiger charge is -2.30. The van der Waals surface area contributed by atoms with Crippen LogP contribution in [0.1, 0.15) is 24.0 Å². The van der Waals surface area contributed by atoms with Crippen LogP contribution >= 0.6 is 15.9 Å². The Balaban J connectivity index is 2.02. The minimum absolute atomic E-state index is 0.238. The number of benzene rings is 1. The Morgan fingerprint density at radius 2 is 2.33 bits per heavy atom. The minimum atomic E-state index is 0.238. The first-order chi connectivity index (χ1) is 8.79. The van der Waals surface area contributed by atoms with Crippen LogP contribution in [0.3, 0.4) is 0 Å².